The van der Waals surface area contributed by atoms with Gasteiger partial charge in [-0.1, -0.05) is 48.5 Å². The van der Waals surface area contributed by atoms with Gasteiger partial charge < -0.3 is 10.2 Å². The zero-order chi connectivity index (χ0) is 18.6. The second kappa shape index (κ2) is 7.84. The fraction of sp³-hybridized carbons (Fsp3) is 0.273. The number of aromatic nitrogens is 1. The SMILES string of the molecule is O=C(NCCN1CC[C@H](c2ccccc2)C1)c1ccc2cccc(F)c2n1. The lowest BCUT2D eigenvalue weighted by molar-refractivity contribution is 0.0945. The van der Waals surface area contributed by atoms with E-state index in [1.54, 1.807) is 24.3 Å². The van der Waals surface area contributed by atoms with Gasteiger partial charge in [-0.2, -0.15) is 0 Å². The molecule has 1 N–H and O–H groups in total. The number of carbonyl (C=O) groups is 1. The Bertz CT molecular complexity index is 945. The Balaban J connectivity index is 1.31. The number of fused-ring (bicyclic) bond motifs is 1. The smallest absolute Gasteiger partial charge is 0.269 e. The van der Waals surface area contributed by atoms with E-state index in [1.165, 1.54) is 11.6 Å². The first-order valence-corrected chi connectivity index (χ1v) is 9.31. The Morgan fingerprint density at radius 2 is 1.96 bits per heavy atom. The van der Waals surface area contributed by atoms with Crippen LogP contribution < -0.4 is 5.32 Å². The predicted octanol–water partition coefficient (Wildman–Crippen LogP) is 3.59. The molecule has 1 aliphatic heterocycles. The molecule has 0 radical (unpaired) electrons. The van der Waals surface area contributed by atoms with Crippen LogP contribution in [0.25, 0.3) is 10.9 Å². The molecule has 1 atom stereocenters. The molecular weight excluding hydrogens is 341 g/mol. The Labute approximate surface area is 158 Å². The van der Waals surface area contributed by atoms with E-state index < -0.39 is 5.82 Å². The second-order valence-corrected chi connectivity index (χ2v) is 6.96. The summed E-state index contributed by atoms with van der Waals surface area (Å²) < 4.78 is 13.9. The Morgan fingerprint density at radius 3 is 2.81 bits per heavy atom. The van der Waals surface area contributed by atoms with E-state index in [2.05, 4.69) is 39.5 Å². The Hall–Kier alpha value is -2.79. The number of carbonyl (C=O) groups excluding carboxylic acids is 1. The molecule has 1 saturated heterocycles. The monoisotopic (exact) mass is 363 g/mol. The predicted molar refractivity (Wildman–Crippen MR) is 104 cm³/mol. The van der Waals surface area contributed by atoms with Crippen molar-refractivity contribution in [2.45, 2.75) is 12.3 Å². The van der Waals surface area contributed by atoms with E-state index in [9.17, 15) is 9.18 Å². The molecule has 2 heterocycles. The van der Waals surface area contributed by atoms with E-state index in [0.717, 1.165) is 26.1 Å². The van der Waals surface area contributed by atoms with E-state index in [-0.39, 0.29) is 17.1 Å². The average Bonchev–Trinajstić information content (AvgIpc) is 3.18. The molecule has 3 aromatic rings. The molecule has 2 aromatic carbocycles. The first-order valence-electron chi connectivity index (χ1n) is 9.31. The maximum atomic E-state index is 13.9. The van der Waals surface area contributed by atoms with E-state index >= 15 is 0 Å². The summed E-state index contributed by atoms with van der Waals surface area (Å²) in [5, 5.41) is 3.59. The Kier molecular flexibility index (Phi) is 5.12. The normalized spacial score (nSPS) is 17.3. The van der Waals surface area contributed by atoms with E-state index in [0.29, 0.717) is 17.8 Å². The van der Waals surface area contributed by atoms with Crippen molar-refractivity contribution in [3.63, 3.8) is 0 Å². The van der Waals surface area contributed by atoms with Gasteiger partial charge >= 0.3 is 0 Å². The number of amides is 1. The Morgan fingerprint density at radius 1 is 1.11 bits per heavy atom. The fourth-order valence-corrected chi connectivity index (χ4v) is 3.69. The lowest BCUT2D eigenvalue weighted by Gasteiger charge is -2.16. The van der Waals surface area contributed by atoms with Crippen LogP contribution >= 0.6 is 0 Å². The minimum atomic E-state index is -0.411. The summed E-state index contributed by atoms with van der Waals surface area (Å²) in [6.07, 6.45) is 1.14. The molecule has 4 rings (SSSR count). The molecule has 138 valence electrons. The molecule has 0 bridgehead atoms. The van der Waals surface area contributed by atoms with Crippen molar-refractivity contribution < 1.29 is 9.18 Å². The van der Waals surface area contributed by atoms with Crippen molar-refractivity contribution in [1.29, 1.82) is 0 Å². The lowest BCUT2D eigenvalue weighted by Crippen LogP contribution is -2.34. The zero-order valence-electron chi connectivity index (χ0n) is 15.1. The molecule has 5 heteroatoms. The maximum absolute atomic E-state index is 13.9. The van der Waals surface area contributed by atoms with Gasteiger partial charge in [-0.15, -0.1) is 0 Å². The number of para-hydroxylation sites is 1. The highest BCUT2D eigenvalue weighted by Gasteiger charge is 2.23. The third-order valence-electron chi connectivity index (χ3n) is 5.16. The van der Waals surface area contributed by atoms with Gasteiger partial charge in [-0.25, -0.2) is 9.37 Å². The lowest BCUT2D eigenvalue weighted by atomic mass is 9.99. The van der Waals surface area contributed by atoms with Gasteiger partial charge in [0.2, 0.25) is 0 Å². The number of halogens is 1. The van der Waals surface area contributed by atoms with Gasteiger partial charge in [-0.05, 0) is 36.6 Å². The van der Waals surface area contributed by atoms with Gasteiger partial charge in [0.1, 0.15) is 17.0 Å². The van der Waals surface area contributed by atoms with Crippen LogP contribution in [-0.2, 0) is 0 Å². The molecule has 0 spiro atoms. The average molecular weight is 363 g/mol. The second-order valence-electron chi connectivity index (χ2n) is 6.96. The number of pyridine rings is 1. The topological polar surface area (TPSA) is 45.2 Å². The van der Waals surface area contributed by atoms with Crippen molar-refractivity contribution >= 4 is 16.8 Å². The molecule has 0 aliphatic carbocycles. The van der Waals surface area contributed by atoms with Crippen molar-refractivity contribution in [2.24, 2.45) is 0 Å². The summed E-state index contributed by atoms with van der Waals surface area (Å²) in [6, 6.07) is 18.7. The number of benzene rings is 2. The van der Waals surface area contributed by atoms with Gasteiger partial charge in [0.25, 0.3) is 5.91 Å². The van der Waals surface area contributed by atoms with Crippen LogP contribution in [0, 0.1) is 5.82 Å². The molecule has 1 fully saturated rings. The molecule has 0 saturated carbocycles. The number of rotatable bonds is 5. The van der Waals surface area contributed by atoms with Crippen LogP contribution in [0.3, 0.4) is 0 Å². The highest BCUT2D eigenvalue weighted by Crippen LogP contribution is 2.26. The summed E-state index contributed by atoms with van der Waals surface area (Å²) in [4.78, 5) is 18.9. The largest absolute Gasteiger partial charge is 0.349 e. The first-order chi connectivity index (χ1) is 13.2. The number of nitrogens with one attached hydrogen (secondary N) is 1. The van der Waals surface area contributed by atoms with Gasteiger partial charge in [-0.3, -0.25) is 4.79 Å². The number of hydrogen-bond donors (Lipinski definition) is 1. The minimum Gasteiger partial charge on any atom is -0.349 e. The zero-order valence-corrected chi connectivity index (χ0v) is 15.1. The van der Waals surface area contributed by atoms with Gasteiger partial charge in [0, 0.05) is 25.0 Å². The summed E-state index contributed by atoms with van der Waals surface area (Å²) in [6.45, 7) is 3.41. The van der Waals surface area contributed by atoms with Crippen molar-refractivity contribution in [3.8, 4) is 0 Å². The summed E-state index contributed by atoms with van der Waals surface area (Å²) in [7, 11) is 0. The van der Waals surface area contributed by atoms with Crippen molar-refractivity contribution in [3.05, 3.63) is 77.7 Å². The van der Waals surface area contributed by atoms with Crippen molar-refractivity contribution in [2.75, 3.05) is 26.2 Å². The van der Waals surface area contributed by atoms with Crippen LogP contribution in [-0.4, -0.2) is 42.0 Å². The quantitative estimate of drug-likeness (QED) is 0.753. The number of nitrogens with zero attached hydrogens (tertiary/aromatic N) is 2. The third-order valence-corrected chi connectivity index (χ3v) is 5.16. The molecule has 1 amide bonds. The molecule has 4 nitrogen and oxygen atoms in total. The van der Waals surface area contributed by atoms with Crippen LogP contribution in [0.4, 0.5) is 4.39 Å². The number of likely N-dealkylation sites (tertiary alicyclic amines) is 1. The molecule has 27 heavy (non-hydrogen) atoms. The summed E-state index contributed by atoms with van der Waals surface area (Å²) >= 11 is 0. The first kappa shape index (κ1) is 17.6. The molecular formula is C22H22FN3O. The highest BCUT2D eigenvalue weighted by molar-refractivity contribution is 5.94. The standard InChI is InChI=1S/C22H22FN3O/c23-19-8-4-7-17-9-10-20(25-21(17)19)22(27)24-12-14-26-13-11-18(15-26)16-5-2-1-3-6-16/h1-10,18H,11-15H2,(H,24,27)/t18-/m0/s1. The van der Waals surface area contributed by atoms with Crippen LogP contribution in [0.15, 0.2) is 60.7 Å². The van der Waals surface area contributed by atoms with Gasteiger partial charge in [0.15, 0.2) is 0 Å². The van der Waals surface area contributed by atoms with E-state index in [1.807, 2.05) is 6.07 Å². The van der Waals surface area contributed by atoms with Gasteiger partial charge in [0.05, 0.1) is 0 Å². The third kappa shape index (κ3) is 3.98. The summed E-state index contributed by atoms with van der Waals surface area (Å²) in [5.74, 6) is -0.114. The molecule has 1 aliphatic rings. The fourth-order valence-electron chi connectivity index (χ4n) is 3.69. The van der Waals surface area contributed by atoms with Crippen LogP contribution in [0.1, 0.15) is 28.4 Å². The van der Waals surface area contributed by atoms with Crippen LogP contribution in [0.2, 0.25) is 0 Å². The highest BCUT2D eigenvalue weighted by atomic mass is 19.1. The molecule has 0 unspecified atom stereocenters. The maximum Gasteiger partial charge on any atom is 0.269 e. The van der Waals surface area contributed by atoms with Crippen molar-refractivity contribution in [1.82, 2.24) is 15.2 Å². The van der Waals surface area contributed by atoms with E-state index in [4.69, 9.17) is 0 Å². The minimum absolute atomic E-state index is 0.232. The number of hydrogen-bond acceptors (Lipinski definition) is 3. The van der Waals surface area contributed by atoms with Crippen LogP contribution in [0.5, 0.6) is 0 Å². The summed E-state index contributed by atoms with van der Waals surface area (Å²) in [5.41, 5.74) is 1.86. The molecule has 1 aromatic heterocycles.